The van der Waals surface area contributed by atoms with Gasteiger partial charge in [0.2, 0.25) is 0 Å². The van der Waals surface area contributed by atoms with Crippen LogP contribution in [0, 0.1) is 5.92 Å². The summed E-state index contributed by atoms with van der Waals surface area (Å²) < 4.78 is 1.19. The number of nitrogens with zero attached hydrogens (tertiary/aromatic N) is 2. The van der Waals surface area contributed by atoms with Gasteiger partial charge in [-0.15, -0.1) is 11.3 Å². The maximum atomic E-state index is 6.26. The van der Waals surface area contributed by atoms with Gasteiger partial charge in [0.05, 0.1) is 9.83 Å². The maximum absolute atomic E-state index is 6.26. The molecular formula is C15H26BrN3S. The molecule has 1 fully saturated rings. The van der Waals surface area contributed by atoms with Gasteiger partial charge in [-0.2, -0.15) is 0 Å². The lowest BCUT2D eigenvalue weighted by Gasteiger charge is -2.40. The first-order valence-electron chi connectivity index (χ1n) is 7.44. The zero-order valence-corrected chi connectivity index (χ0v) is 15.1. The van der Waals surface area contributed by atoms with E-state index < -0.39 is 0 Å². The van der Waals surface area contributed by atoms with E-state index in [9.17, 15) is 0 Å². The molecule has 2 unspecified atom stereocenters. The molecular weight excluding hydrogens is 334 g/mol. The Labute approximate surface area is 135 Å². The summed E-state index contributed by atoms with van der Waals surface area (Å²) in [7, 11) is 0. The Bertz CT molecular complexity index is 411. The summed E-state index contributed by atoms with van der Waals surface area (Å²) in [6.45, 7) is 12.5. The molecule has 2 heterocycles. The summed E-state index contributed by atoms with van der Waals surface area (Å²) in [6.07, 6.45) is 0. The van der Waals surface area contributed by atoms with E-state index >= 15 is 0 Å². The first-order chi connectivity index (χ1) is 9.47. The Hall–Kier alpha value is 0.0600. The van der Waals surface area contributed by atoms with Crippen LogP contribution in [0.5, 0.6) is 0 Å². The SMILES string of the molecule is CC(C)CN1CCN(C(c2ccc(Br)s2)C(C)N)CC1. The van der Waals surface area contributed by atoms with Gasteiger partial charge in [-0.3, -0.25) is 4.90 Å². The highest BCUT2D eigenvalue weighted by Crippen LogP contribution is 2.33. The minimum atomic E-state index is 0.164. The number of hydrogen-bond donors (Lipinski definition) is 1. The van der Waals surface area contributed by atoms with Crippen LogP contribution >= 0.6 is 27.3 Å². The van der Waals surface area contributed by atoms with Crippen LogP contribution in [0.3, 0.4) is 0 Å². The first kappa shape index (κ1) is 16.4. The second-order valence-electron chi connectivity index (χ2n) is 6.18. The van der Waals surface area contributed by atoms with Crippen molar-refractivity contribution in [3.05, 3.63) is 20.8 Å². The van der Waals surface area contributed by atoms with Crippen LogP contribution < -0.4 is 5.73 Å². The molecule has 1 aliphatic rings. The van der Waals surface area contributed by atoms with Crippen molar-refractivity contribution >= 4 is 27.3 Å². The summed E-state index contributed by atoms with van der Waals surface area (Å²) in [5.74, 6) is 0.749. The van der Waals surface area contributed by atoms with Gasteiger partial charge < -0.3 is 10.6 Å². The summed E-state index contributed by atoms with van der Waals surface area (Å²) in [5.41, 5.74) is 6.26. The smallest absolute Gasteiger partial charge is 0.0702 e. The second kappa shape index (κ2) is 7.36. The second-order valence-corrected chi connectivity index (χ2v) is 8.67. The van der Waals surface area contributed by atoms with E-state index in [2.05, 4.69) is 58.6 Å². The molecule has 1 saturated heterocycles. The molecule has 3 nitrogen and oxygen atoms in total. The molecule has 114 valence electrons. The molecule has 1 aliphatic heterocycles. The van der Waals surface area contributed by atoms with Crippen molar-refractivity contribution in [1.82, 2.24) is 9.80 Å². The van der Waals surface area contributed by atoms with E-state index in [0.29, 0.717) is 6.04 Å². The van der Waals surface area contributed by atoms with E-state index in [-0.39, 0.29) is 6.04 Å². The monoisotopic (exact) mass is 359 g/mol. The fraction of sp³-hybridized carbons (Fsp3) is 0.733. The summed E-state index contributed by atoms with van der Waals surface area (Å²) in [5, 5.41) is 0. The van der Waals surface area contributed by atoms with Gasteiger partial charge in [0.25, 0.3) is 0 Å². The van der Waals surface area contributed by atoms with Gasteiger partial charge in [-0.25, -0.2) is 0 Å². The van der Waals surface area contributed by atoms with Crippen molar-refractivity contribution < 1.29 is 0 Å². The molecule has 0 spiro atoms. The molecule has 2 atom stereocenters. The summed E-state index contributed by atoms with van der Waals surface area (Å²) in [6, 6.07) is 4.86. The third-order valence-corrected chi connectivity index (χ3v) is 5.50. The van der Waals surface area contributed by atoms with Crippen LogP contribution in [0.1, 0.15) is 31.7 Å². The highest BCUT2D eigenvalue weighted by atomic mass is 79.9. The molecule has 0 radical (unpaired) electrons. The lowest BCUT2D eigenvalue weighted by molar-refractivity contribution is 0.0818. The third kappa shape index (κ3) is 4.28. The average molecular weight is 360 g/mol. The molecule has 2 N–H and O–H groups in total. The molecule has 1 aromatic heterocycles. The average Bonchev–Trinajstić information content (AvgIpc) is 2.77. The molecule has 0 bridgehead atoms. The highest BCUT2D eigenvalue weighted by molar-refractivity contribution is 9.11. The van der Waals surface area contributed by atoms with Crippen molar-refractivity contribution in [3.8, 4) is 0 Å². The van der Waals surface area contributed by atoms with Crippen LogP contribution in [0.4, 0.5) is 0 Å². The molecule has 0 amide bonds. The molecule has 20 heavy (non-hydrogen) atoms. The molecule has 0 aromatic carbocycles. The normalized spacial score (nSPS) is 21.3. The summed E-state index contributed by atoms with van der Waals surface area (Å²) in [4.78, 5) is 6.51. The quantitative estimate of drug-likeness (QED) is 0.876. The highest BCUT2D eigenvalue weighted by Gasteiger charge is 2.28. The Kier molecular flexibility index (Phi) is 6.05. The fourth-order valence-electron chi connectivity index (χ4n) is 3.00. The van der Waals surface area contributed by atoms with Crippen LogP contribution in [0.2, 0.25) is 0 Å². The minimum absolute atomic E-state index is 0.164. The topological polar surface area (TPSA) is 32.5 Å². The molecule has 0 aliphatic carbocycles. The Morgan fingerprint density at radius 3 is 2.30 bits per heavy atom. The number of hydrogen-bond acceptors (Lipinski definition) is 4. The lowest BCUT2D eigenvalue weighted by atomic mass is 10.1. The zero-order chi connectivity index (χ0) is 14.7. The maximum Gasteiger partial charge on any atom is 0.0702 e. The molecule has 0 saturated carbocycles. The van der Waals surface area contributed by atoms with E-state index in [1.165, 1.54) is 15.2 Å². The lowest BCUT2D eigenvalue weighted by Crippen LogP contribution is -2.51. The number of halogens is 1. The molecule has 2 rings (SSSR count). The van der Waals surface area contributed by atoms with E-state index in [1.54, 1.807) is 0 Å². The van der Waals surface area contributed by atoms with E-state index in [0.717, 1.165) is 32.1 Å². The van der Waals surface area contributed by atoms with E-state index in [1.807, 2.05) is 11.3 Å². The van der Waals surface area contributed by atoms with Crippen molar-refractivity contribution in [2.75, 3.05) is 32.7 Å². The van der Waals surface area contributed by atoms with Crippen molar-refractivity contribution in [3.63, 3.8) is 0 Å². The fourth-order valence-corrected chi connectivity index (χ4v) is 4.67. The number of piperazine rings is 1. The third-order valence-electron chi connectivity index (χ3n) is 3.81. The van der Waals surface area contributed by atoms with Crippen LogP contribution in [-0.2, 0) is 0 Å². The Balaban J connectivity index is 1.99. The van der Waals surface area contributed by atoms with Gasteiger partial charge in [-0.1, -0.05) is 13.8 Å². The van der Waals surface area contributed by atoms with Crippen molar-refractivity contribution in [1.29, 1.82) is 0 Å². The van der Waals surface area contributed by atoms with E-state index in [4.69, 9.17) is 5.73 Å². The van der Waals surface area contributed by atoms with Gasteiger partial charge in [0.15, 0.2) is 0 Å². The first-order valence-corrected chi connectivity index (χ1v) is 9.05. The predicted molar refractivity (Wildman–Crippen MR) is 91.3 cm³/mol. The van der Waals surface area contributed by atoms with Crippen LogP contribution in [0.15, 0.2) is 15.9 Å². The van der Waals surface area contributed by atoms with Crippen molar-refractivity contribution in [2.24, 2.45) is 11.7 Å². The van der Waals surface area contributed by atoms with Gasteiger partial charge in [0, 0.05) is 43.6 Å². The number of rotatable bonds is 5. The van der Waals surface area contributed by atoms with Gasteiger partial charge in [-0.05, 0) is 40.9 Å². The molecule has 1 aromatic rings. The molecule has 5 heteroatoms. The Morgan fingerprint density at radius 1 is 1.20 bits per heavy atom. The number of nitrogens with two attached hydrogens (primary N) is 1. The predicted octanol–water partition coefficient (Wildman–Crippen LogP) is 3.17. The summed E-state index contributed by atoms with van der Waals surface area (Å²) >= 11 is 5.37. The van der Waals surface area contributed by atoms with Crippen LogP contribution in [0.25, 0.3) is 0 Å². The van der Waals surface area contributed by atoms with Crippen molar-refractivity contribution in [2.45, 2.75) is 32.9 Å². The van der Waals surface area contributed by atoms with Gasteiger partial charge in [0.1, 0.15) is 0 Å². The largest absolute Gasteiger partial charge is 0.326 e. The Morgan fingerprint density at radius 2 is 1.85 bits per heavy atom. The number of thiophene rings is 1. The zero-order valence-electron chi connectivity index (χ0n) is 12.7. The van der Waals surface area contributed by atoms with Crippen LogP contribution in [-0.4, -0.2) is 48.6 Å². The minimum Gasteiger partial charge on any atom is -0.326 e. The van der Waals surface area contributed by atoms with Gasteiger partial charge >= 0.3 is 0 Å². The standard InChI is InChI=1S/C15H26BrN3S/c1-11(2)10-18-6-8-19(9-7-18)15(12(3)17)13-4-5-14(16)20-13/h4-5,11-12,15H,6-10,17H2,1-3H3.